The SMILES string of the molecule is CCCCCC(=N)CN=Cc1c(Cl)cccc1Cl.I. The van der Waals surface area contributed by atoms with Crippen molar-refractivity contribution in [1.82, 2.24) is 0 Å². The van der Waals surface area contributed by atoms with Gasteiger partial charge in [0, 0.05) is 17.5 Å². The molecule has 5 heteroatoms. The Labute approximate surface area is 142 Å². The molecule has 1 aromatic carbocycles. The highest BCUT2D eigenvalue weighted by molar-refractivity contribution is 14.0. The molecule has 0 heterocycles. The maximum absolute atomic E-state index is 7.76. The molecule has 0 aliphatic rings. The Morgan fingerprint density at radius 2 is 1.89 bits per heavy atom. The number of rotatable bonds is 7. The second-order valence-electron chi connectivity index (χ2n) is 4.17. The first kappa shape index (κ1) is 18.9. The van der Waals surface area contributed by atoms with Crippen molar-refractivity contribution in [3.63, 3.8) is 0 Å². The average Bonchev–Trinajstić information content (AvgIpc) is 2.33. The molecule has 106 valence electrons. The molecule has 1 rings (SSSR count). The third kappa shape index (κ3) is 7.28. The first-order valence-electron chi connectivity index (χ1n) is 6.15. The van der Waals surface area contributed by atoms with E-state index < -0.39 is 0 Å². The lowest BCUT2D eigenvalue weighted by Gasteiger charge is -2.01. The van der Waals surface area contributed by atoms with Crippen LogP contribution < -0.4 is 0 Å². The number of unbranched alkanes of at least 4 members (excludes halogenated alkanes) is 2. The van der Waals surface area contributed by atoms with Gasteiger partial charge in [-0.2, -0.15) is 0 Å². The molecule has 0 aromatic heterocycles. The molecule has 0 aliphatic heterocycles. The van der Waals surface area contributed by atoms with Crippen molar-refractivity contribution in [2.45, 2.75) is 32.6 Å². The number of aliphatic imine (C=N–C) groups is 1. The normalized spacial score (nSPS) is 10.5. The first-order chi connectivity index (χ1) is 8.65. The second kappa shape index (κ2) is 10.6. The molecule has 0 spiro atoms. The number of halogens is 3. The summed E-state index contributed by atoms with van der Waals surface area (Å²) < 4.78 is 0. The Morgan fingerprint density at radius 1 is 1.26 bits per heavy atom. The molecule has 1 aromatic rings. The molecule has 0 amide bonds. The van der Waals surface area contributed by atoms with Gasteiger partial charge in [0.2, 0.25) is 0 Å². The zero-order chi connectivity index (χ0) is 13.4. The number of hydrogen-bond acceptors (Lipinski definition) is 2. The highest BCUT2D eigenvalue weighted by Gasteiger charge is 2.02. The van der Waals surface area contributed by atoms with Gasteiger partial charge in [-0.15, -0.1) is 24.0 Å². The zero-order valence-corrected chi connectivity index (χ0v) is 14.8. The minimum Gasteiger partial charge on any atom is -0.308 e. The van der Waals surface area contributed by atoms with Gasteiger partial charge < -0.3 is 5.41 Å². The van der Waals surface area contributed by atoms with E-state index in [0.717, 1.165) is 18.4 Å². The summed E-state index contributed by atoms with van der Waals surface area (Å²) in [5.41, 5.74) is 1.38. The van der Waals surface area contributed by atoms with Crippen molar-refractivity contribution in [2.24, 2.45) is 4.99 Å². The minimum atomic E-state index is 0. The van der Waals surface area contributed by atoms with E-state index in [0.29, 0.717) is 22.3 Å². The molecule has 0 radical (unpaired) electrons. The van der Waals surface area contributed by atoms with Crippen molar-refractivity contribution in [2.75, 3.05) is 6.54 Å². The van der Waals surface area contributed by atoms with Crippen LogP contribution in [-0.4, -0.2) is 18.5 Å². The zero-order valence-electron chi connectivity index (χ0n) is 11.0. The smallest absolute Gasteiger partial charge is 0.0765 e. The van der Waals surface area contributed by atoms with Crippen LogP contribution in [0.3, 0.4) is 0 Å². The van der Waals surface area contributed by atoms with Crippen LogP contribution in [0.1, 0.15) is 38.2 Å². The van der Waals surface area contributed by atoms with Gasteiger partial charge in [0.1, 0.15) is 0 Å². The van der Waals surface area contributed by atoms with E-state index in [1.165, 1.54) is 12.8 Å². The van der Waals surface area contributed by atoms with E-state index in [2.05, 4.69) is 11.9 Å². The number of nitrogens with zero attached hydrogens (tertiary/aromatic N) is 1. The molecule has 0 aliphatic carbocycles. The van der Waals surface area contributed by atoms with Gasteiger partial charge in [-0.05, 0) is 25.0 Å². The fourth-order valence-corrected chi connectivity index (χ4v) is 2.04. The first-order valence-corrected chi connectivity index (χ1v) is 6.91. The van der Waals surface area contributed by atoms with Crippen molar-refractivity contribution >= 4 is 59.1 Å². The molecule has 2 nitrogen and oxygen atoms in total. The molecule has 0 atom stereocenters. The van der Waals surface area contributed by atoms with Crippen molar-refractivity contribution < 1.29 is 0 Å². The maximum Gasteiger partial charge on any atom is 0.0765 e. The van der Waals surface area contributed by atoms with E-state index in [4.69, 9.17) is 28.6 Å². The fraction of sp³-hybridized carbons (Fsp3) is 0.429. The van der Waals surface area contributed by atoms with Gasteiger partial charge in [0.05, 0.1) is 16.6 Å². The Kier molecular flexibility index (Phi) is 10.6. The van der Waals surface area contributed by atoms with Crippen LogP contribution in [0.2, 0.25) is 10.0 Å². The van der Waals surface area contributed by atoms with Gasteiger partial charge in [-0.3, -0.25) is 4.99 Å². The molecule has 0 saturated heterocycles. The highest BCUT2D eigenvalue weighted by Crippen LogP contribution is 2.22. The number of benzene rings is 1. The van der Waals surface area contributed by atoms with E-state index in [9.17, 15) is 0 Å². The predicted octanol–water partition coefficient (Wildman–Crippen LogP) is 5.63. The molecule has 19 heavy (non-hydrogen) atoms. The van der Waals surface area contributed by atoms with Gasteiger partial charge in [0.25, 0.3) is 0 Å². The van der Waals surface area contributed by atoms with Gasteiger partial charge in [0.15, 0.2) is 0 Å². The van der Waals surface area contributed by atoms with Gasteiger partial charge in [-0.25, -0.2) is 0 Å². The molecule has 0 bridgehead atoms. The Balaban J connectivity index is 0.00000324. The topological polar surface area (TPSA) is 36.2 Å². The van der Waals surface area contributed by atoms with Crippen LogP contribution in [0.15, 0.2) is 23.2 Å². The fourth-order valence-electron chi connectivity index (χ4n) is 1.55. The summed E-state index contributed by atoms with van der Waals surface area (Å²) in [4.78, 5) is 4.22. The van der Waals surface area contributed by atoms with Crippen molar-refractivity contribution in [1.29, 1.82) is 5.41 Å². The largest absolute Gasteiger partial charge is 0.308 e. The highest BCUT2D eigenvalue weighted by atomic mass is 127. The number of hydrogen-bond donors (Lipinski definition) is 1. The summed E-state index contributed by atoms with van der Waals surface area (Å²) in [5.74, 6) is 0. The van der Waals surface area contributed by atoms with Crippen LogP contribution >= 0.6 is 47.2 Å². The Bertz CT molecular complexity index is 413. The quantitative estimate of drug-likeness (QED) is 0.342. The average molecular weight is 413 g/mol. The Morgan fingerprint density at radius 3 is 2.47 bits per heavy atom. The Hall–Kier alpha value is -0.130. The lowest BCUT2D eigenvalue weighted by Crippen LogP contribution is -2.01. The van der Waals surface area contributed by atoms with Crippen LogP contribution in [0.4, 0.5) is 0 Å². The van der Waals surface area contributed by atoms with E-state index in [-0.39, 0.29) is 24.0 Å². The standard InChI is InChI=1S/C14H18Cl2N2.HI/c1-2-3-4-6-11(17)9-18-10-12-13(15)7-5-8-14(12)16;/h5,7-8,10,17H,2-4,6,9H2,1H3;1H. The van der Waals surface area contributed by atoms with Crippen LogP contribution in [0.25, 0.3) is 0 Å². The minimum absolute atomic E-state index is 0. The summed E-state index contributed by atoms with van der Waals surface area (Å²) >= 11 is 12.0. The molecular weight excluding hydrogens is 394 g/mol. The summed E-state index contributed by atoms with van der Waals surface area (Å²) in [6.45, 7) is 2.58. The van der Waals surface area contributed by atoms with Crippen molar-refractivity contribution in [3.05, 3.63) is 33.8 Å². The molecular formula is C14H19Cl2IN2. The molecule has 0 fully saturated rings. The molecule has 0 saturated carbocycles. The lowest BCUT2D eigenvalue weighted by molar-refractivity contribution is 0.737. The monoisotopic (exact) mass is 412 g/mol. The molecule has 0 unspecified atom stereocenters. The van der Waals surface area contributed by atoms with Crippen LogP contribution in [0.5, 0.6) is 0 Å². The summed E-state index contributed by atoms with van der Waals surface area (Å²) in [6.07, 6.45) is 5.88. The predicted molar refractivity (Wildman–Crippen MR) is 96.2 cm³/mol. The third-order valence-electron chi connectivity index (χ3n) is 2.58. The third-order valence-corrected chi connectivity index (χ3v) is 3.24. The van der Waals surface area contributed by atoms with E-state index in [1.54, 1.807) is 24.4 Å². The van der Waals surface area contributed by atoms with Crippen LogP contribution in [0, 0.1) is 5.41 Å². The number of nitrogens with one attached hydrogen (secondary N) is 1. The summed E-state index contributed by atoms with van der Waals surface area (Å²) in [5, 5.41) is 8.93. The van der Waals surface area contributed by atoms with Crippen molar-refractivity contribution in [3.8, 4) is 0 Å². The van der Waals surface area contributed by atoms with E-state index in [1.807, 2.05) is 0 Å². The van der Waals surface area contributed by atoms with Gasteiger partial charge >= 0.3 is 0 Å². The van der Waals surface area contributed by atoms with E-state index >= 15 is 0 Å². The summed E-state index contributed by atoms with van der Waals surface area (Å²) in [7, 11) is 0. The van der Waals surface area contributed by atoms with Crippen LogP contribution in [-0.2, 0) is 0 Å². The second-order valence-corrected chi connectivity index (χ2v) is 4.98. The lowest BCUT2D eigenvalue weighted by atomic mass is 10.1. The molecule has 1 N–H and O–H groups in total. The summed E-state index contributed by atoms with van der Waals surface area (Å²) in [6, 6.07) is 5.36. The maximum atomic E-state index is 7.76. The van der Waals surface area contributed by atoms with Gasteiger partial charge in [-0.1, -0.05) is 49.0 Å².